The Morgan fingerprint density at radius 1 is 1.39 bits per heavy atom. The van der Waals surface area contributed by atoms with E-state index >= 15 is 0 Å². The summed E-state index contributed by atoms with van der Waals surface area (Å²) in [4.78, 5) is 12.2. The fraction of sp³-hybridized carbons (Fsp3) is 0.467. The summed E-state index contributed by atoms with van der Waals surface area (Å²) >= 11 is 3.16. The van der Waals surface area contributed by atoms with Crippen LogP contribution in [0, 0.1) is 11.3 Å². The molecule has 0 saturated carbocycles. The van der Waals surface area contributed by atoms with Crippen molar-refractivity contribution in [2.45, 2.75) is 37.4 Å². The number of nitriles is 1. The van der Waals surface area contributed by atoms with Crippen molar-refractivity contribution in [3.05, 3.63) is 34.3 Å². The standard InChI is InChI=1S/C15H17BrF3N3O/c1-2-7-14(21,13(23)22-9-8-20)12(15(17,18)19)10-3-5-11(16)6-4-10/h3-6,12H,2,7,9,21H2,1H3,(H,22,23)/t12?,14-/m1/s1. The lowest BCUT2D eigenvalue weighted by molar-refractivity contribution is -0.172. The van der Waals surface area contributed by atoms with Gasteiger partial charge in [0.15, 0.2) is 0 Å². The lowest BCUT2D eigenvalue weighted by Gasteiger charge is -2.37. The number of amides is 1. The topological polar surface area (TPSA) is 78.9 Å². The van der Waals surface area contributed by atoms with Crippen molar-refractivity contribution in [2.75, 3.05) is 6.54 Å². The molecule has 0 aliphatic heterocycles. The van der Waals surface area contributed by atoms with E-state index in [1.54, 1.807) is 13.0 Å². The van der Waals surface area contributed by atoms with Gasteiger partial charge in [-0.2, -0.15) is 18.4 Å². The summed E-state index contributed by atoms with van der Waals surface area (Å²) < 4.78 is 41.6. The first kappa shape index (κ1) is 19.5. The molecule has 23 heavy (non-hydrogen) atoms. The number of benzene rings is 1. The van der Waals surface area contributed by atoms with Crippen LogP contribution in [0.2, 0.25) is 0 Å². The van der Waals surface area contributed by atoms with Crippen LogP contribution in [-0.2, 0) is 4.79 Å². The van der Waals surface area contributed by atoms with E-state index in [0.29, 0.717) is 10.9 Å². The molecule has 0 spiro atoms. The van der Waals surface area contributed by atoms with E-state index in [2.05, 4.69) is 21.2 Å². The molecule has 4 nitrogen and oxygen atoms in total. The molecule has 0 aliphatic rings. The van der Waals surface area contributed by atoms with Gasteiger partial charge in [0, 0.05) is 4.47 Å². The minimum atomic E-state index is -4.71. The first-order valence-corrected chi connectivity index (χ1v) is 7.72. The van der Waals surface area contributed by atoms with Crippen LogP contribution < -0.4 is 11.1 Å². The van der Waals surface area contributed by atoms with E-state index in [9.17, 15) is 18.0 Å². The van der Waals surface area contributed by atoms with Crippen LogP contribution in [-0.4, -0.2) is 24.2 Å². The summed E-state index contributed by atoms with van der Waals surface area (Å²) in [6.07, 6.45) is -4.58. The molecule has 1 aromatic rings. The molecule has 1 rings (SSSR count). The van der Waals surface area contributed by atoms with Gasteiger partial charge in [0.25, 0.3) is 0 Å². The molecule has 1 unspecified atom stereocenters. The van der Waals surface area contributed by atoms with E-state index in [-0.39, 0.29) is 12.0 Å². The molecule has 2 atom stereocenters. The lowest BCUT2D eigenvalue weighted by atomic mass is 9.75. The Balaban J connectivity index is 3.37. The predicted octanol–water partition coefficient (Wildman–Crippen LogP) is 3.23. The first-order valence-electron chi connectivity index (χ1n) is 6.93. The number of nitrogens with zero attached hydrogens (tertiary/aromatic N) is 1. The van der Waals surface area contributed by atoms with Gasteiger partial charge in [-0.05, 0) is 24.1 Å². The van der Waals surface area contributed by atoms with Gasteiger partial charge in [-0.25, -0.2) is 0 Å². The van der Waals surface area contributed by atoms with Crippen molar-refractivity contribution in [2.24, 2.45) is 5.73 Å². The molecule has 8 heteroatoms. The second-order valence-corrected chi connectivity index (χ2v) is 6.07. The normalized spacial score (nSPS) is 15.3. The van der Waals surface area contributed by atoms with Crippen molar-refractivity contribution in [1.29, 1.82) is 5.26 Å². The van der Waals surface area contributed by atoms with Crippen LogP contribution >= 0.6 is 15.9 Å². The Kier molecular flexibility index (Phi) is 6.59. The number of hydrogen-bond acceptors (Lipinski definition) is 3. The Labute approximate surface area is 141 Å². The maximum absolute atomic E-state index is 13.7. The number of carbonyl (C=O) groups excluding carboxylic acids is 1. The highest BCUT2D eigenvalue weighted by Gasteiger charge is 2.55. The maximum Gasteiger partial charge on any atom is 0.398 e. The number of hydrogen-bond donors (Lipinski definition) is 2. The van der Waals surface area contributed by atoms with E-state index < -0.39 is 30.1 Å². The van der Waals surface area contributed by atoms with Crippen molar-refractivity contribution in [3.8, 4) is 6.07 Å². The van der Waals surface area contributed by atoms with Crippen LogP contribution in [0.25, 0.3) is 0 Å². The smallest absolute Gasteiger partial charge is 0.341 e. The molecular weight excluding hydrogens is 375 g/mol. The van der Waals surface area contributed by atoms with Crippen molar-refractivity contribution in [1.82, 2.24) is 5.32 Å². The van der Waals surface area contributed by atoms with Crippen molar-refractivity contribution in [3.63, 3.8) is 0 Å². The van der Waals surface area contributed by atoms with Crippen LogP contribution in [0.4, 0.5) is 13.2 Å². The number of alkyl halides is 3. The third kappa shape index (κ3) is 4.69. The largest absolute Gasteiger partial charge is 0.398 e. The Hall–Kier alpha value is -1.59. The minimum Gasteiger partial charge on any atom is -0.341 e. The summed E-state index contributed by atoms with van der Waals surface area (Å²) in [6, 6.07) is 7.17. The molecule has 0 saturated heterocycles. The van der Waals surface area contributed by atoms with Gasteiger partial charge in [0.2, 0.25) is 5.91 Å². The monoisotopic (exact) mass is 391 g/mol. The molecule has 126 valence electrons. The molecule has 0 aliphatic carbocycles. The summed E-state index contributed by atoms with van der Waals surface area (Å²) in [7, 11) is 0. The number of rotatable bonds is 6. The lowest BCUT2D eigenvalue weighted by Crippen LogP contribution is -2.61. The third-order valence-corrected chi connectivity index (χ3v) is 3.99. The molecule has 1 amide bonds. The van der Waals surface area contributed by atoms with Crippen LogP contribution in [0.1, 0.15) is 31.2 Å². The van der Waals surface area contributed by atoms with E-state index in [4.69, 9.17) is 11.0 Å². The zero-order chi connectivity index (χ0) is 17.7. The summed E-state index contributed by atoms with van der Waals surface area (Å²) in [5.41, 5.74) is 3.66. The molecule has 0 aromatic heterocycles. The Bertz CT molecular complexity index is 583. The highest BCUT2D eigenvalue weighted by atomic mass is 79.9. The van der Waals surface area contributed by atoms with Crippen molar-refractivity contribution < 1.29 is 18.0 Å². The summed E-state index contributed by atoms with van der Waals surface area (Å²) in [5, 5.41) is 10.7. The number of carbonyl (C=O) groups is 1. The van der Waals surface area contributed by atoms with Gasteiger partial charge >= 0.3 is 6.18 Å². The highest BCUT2D eigenvalue weighted by molar-refractivity contribution is 9.10. The zero-order valence-corrected chi connectivity index (χ0v) is 14.0. The molecule has 0 radical (unpaired) electrons. The predicted molar refractivity (Wildman–Crippen MR) is 83.4 cm³/mol. The molecule has 0 heterocycles. The minimum absolute atomic E-state index is 0.0937. The van der Waals surface area contributed by atoms with Crippen LogP contribution in [0.15, 0.2) is 28.7 Å². The van der Waals surface area contributed by atoms with Gasteiger partial charge in [-0.1, -0.05) is 41.4 Å². The van der Waals surface area contributed by atoms with E-state index in [1.165, 1.54) is 24.3 Å². The van der Waals surface area contributed by atoms with Gasteiger partial charge in [0.05, 0.1) is 6.07 Å². The van der Waals surface area contributed by atoms with Gasteiger partial charge in [-0.3, -0.25) is 4.79 Å². The van der Waals surface area contributed by atoms with Gasteiger partial charge in [-0.15, -0.1) is 0 Å². The fourth-order valence-corrected chi connectivity index (χ4v) is 2.79. The maximum atomic E-state index is 13.7. The molecular formula is C15H17BrF3N3O. The number of nitrogens with one attached hydrogen (secondary N) is 1. The van der Waals surface area contributed by atoms with Crippen molar-refractivity contribution >= 4 is 21.8 Å². The number of nitrogens with two attached hydrogens (primary N) is 1. The third-order valence-electron chi connectivity index (χ3n) is 3.46. The Morgan fingerprint density at radius 2 is 1.96 bits per heavy atom. The second kappa shape index (κ2) is 7.79. The Morgan fingerprint density at radius 3 is 2.39 bits per heavy atom. The fourth-order valence-electron chi connectivity index (χ4n) is 2.52. The molecule has 0 fully saturated rings. The highest BCUT2D eigenvalue weighted by Crippen LogP contribution is 2.43. The van der Waals surface area contributed by atoms with Crippen LogP contribution in [0.5, 0.6) is 0 Å². The number of halogens is 4. The van der Waals surface area contributed by atoms with E-state index in [1.807, 2.05) is 0 Å². The SMILES string of the molecule is CCC[C@](N)(C(=O)NCC#N)C(c1ccc(Br)cc1)C(F)(F)F. The first-order chi connectivity index (χ1) is 10.7. The summed E-state index contributed by atoms with van der Waals surface area (Å²) in [5.74, 6) is -3.15. The van der Waals surface area contributed by atoms with Gasteiger partial charge < -0.3 is 11.1 Å². The molecule has 1 aromatic carbocycles. The second-order valence-electron chi connectivity index (χ2n) is 5.16. The van der Waals surface area contributed by atoms with E-state index in [0.717, 1.165) is 0 Å². The van der Waals surface area contributed by atoms with Gasteiger partial charge in [0.1, 0.15) is 18.0 Å². The average molecular weight is 392 g/mol. The zero-order valence-electron chi connectivity index (χ0n) is 12.5. The van der Waals surface area contributed by atoms with Crippen LogP contribution in [0.3, 0.4) is 0 Å². The molecule has 0 bridgehead atoms. The summed E-state index contributed by atoms with van der Waals surface area (Å²) in [6.45, 7) is 1.25. The average Bonchev–Trinajstić information content (AvgIpc) is 2.45. The molecule has 3 N–H and O–H groups in total. The quantitative estimate of drug-likeness (QED) is 0.730.